The molecule has 0 spiro atoms. The fourth-order valence-corrected chi connectivity index (χ4v) is 4.50. The average molecular weight is 355 g/mol. The molecule has 1 aromatic rings. The second kappa shape index (κ2) is 5.91. The Kier molecular flexibility index (Phi) is 4.24. The predicted molar refractivity (Wildman–Crippen MR) is 85.0 cm³/mol. The van der Waals surface area contributed by atoms with Crippen molar-refractivity contribution in [1.82, 2.24) is 4.90 Å². The fraction of sp³-hybridized carbons (Fsp3) is 0.625. The van der Waals surface area contributed by atoms with Gasteiger partial charge in [0.2, 0.25) is 0 Å². The lowest BCUT2D eigenvalue weighted by Crippen LogP contribution is -2.34. The van der Waals surface area contributed by atoms with Gasteiger partial charge in [0.25, 0.3) is 0 Å². The van der Waals surface area contributed by atoms with Gasteiger partial charge >= 0.3 is 0 Å². The molecule has 0 saturated carbocycles. The topological polar surface area (TPSA) is 3.24 Å². The van der Waals surface area contributed by atoms with Crippen molar-refractivity contribution in [3.8, 4) is 0 Å². The van der Waals surface area contributed by atoms with Gasteiger partial charge in [-0.15, -0.1) is 0 Å². The average Bonchev–Trinajstić information content (AvgIpc) is 2.66. The van der Waals surface area contributed by atoms with E-state index in [9.17, 15) is 0 Å². The van der Waals surface area contributed by atoms with Crippen molar-refractivity contribution in [2.24, 2.45) is 5.92 Å². The van der Waals surface area contributed by atoms with Crippen molar-refractivity contribution < 1.29 is 0 Å². The summed E-state index contributed by atoms with van der Waals surface area (Å²) in [6, 6.07) is 12.7. The molecule has 1 nitrogen and oxygen atoms in total. The predicted octanol–water partition coefficient (Wildman–Crippen LogP) is 4.25. The number of hydrogen-bond acceptors (Lipinski definition) is 1. The Hall–Kier alpha value is -0.0900. The van der Waals surface area contributed by atoms with Crippen LogP contribution in [0.4, 0.5) is 0 Å². The monoisotopic (exact) mass is 355 g/mol. The Labute approximate surface area is 124 Å². The molecule has 0 aliphatic carbocycles. The van der Waals surface area contributed by atoms with Gasteiger partial charge in [-0.2, -0.15) is 0 Å². The molecule has 2 saturated heterocycles. The molecule has 0 amide bonds. The minimum absolute atomic E-state index is 0.859. The van der Waals surface area contributed by atoms with Crippen molar-refractivity contribution in [3.63, 3.8) is 0 Å². The van der Waals surface area contributed by atoms with Crippen LogP contribution in [-0.4, -0.2) is 21.4 Å². The van der Waals surface area contributed by atoms with E-state index in [0.717, 1.165) is 18.0 Å². The van der Waals surface area contributed by atoms with E-state index in [-0.39, 0.29) is 0 Å². The normalized spacial score (nSPS) is 32.4. The third-order valence-corrected chi connectivity index (χ3v) is 5.96. The number of fused-ring (bicyclic) bond motifs is 2. The second-order valence-corrected chi connectivity index (χ2v) is 6.76. The summed E-state index contributed by atoms with van der Waals surface area (Å²) in [7, 11) is 0. The molecule has 2 heteroatoms. The van der Waals surface area contributed by atoms with E-state index in [0.29, 0.717) is 0 Å². The lowest BCUT2D eigenvalue weighted by molar-refractivity contribution is 0.183. The Balaban J connectivity index is 1.72. The SMILES string of the molecule is ICC1CC[C@@H]2CC[C@H](C1)N2Cc1ccccc1. The van der Waals surface area contributed by atoms with Crippen LogP contribution in [0.2, 0.25) is 0 Å². The van der Waals surface area contributed by atoms with Crippen LogP contribution in [0.5, 0.6) is 0 Å². The molecular formula is C16H22IN. The van der Waals surface area contributed by atoms with E-state index in [1.165, 1.54) is 48.6 Å². The maximum Gasteiger partial charge on any atom is 0.0239 e. The number of nitrogens with zero attached hydrogens (tertiary/aromatic N) is 1. The van der Waals surface area contributed by atoms with Gasteiger partial charge in [0, 0.05) is 23.1 Å². The van der Waals surface area contributed by atoms with Crippen molar-refractivity contribution in [1.29, 1.82) is 0 Å². The van der Waals surface area contributed by atoms with Gasteiger partial charge in [-0.25, -0.2) is 0 Å². The molecule has 0 radical (unpaired) electrons. The Morgan fingerprint density at radius 1 is 1.00 bits per heavy atom. The van der Waals surface area contributed by atoms with E-state index < -0.39 is 0 Å². The summed E-state index contributed by atoms with van der Waals surface area (Å²) in [6.07, 6.45) is 7.19. The molecule has 0 aromatic heterocycles. The third-order valence-electron chi connectivity index (χ3n) is 4.71. The molecule has 2 aliphatic heterocycles. The van der Waals surface area contributed by atoms with Crippen LogP contribution in [0.3, 0.4) is 0 Å². The second-order valence-electron chi connectivity index (χ2n) is 5.88. The molecule has 2 bridgehead atoms. The quantitative estimate of drug-likeness (QED) is 0.579. The minimum Gasteiger partial charge on any atom is -0.293 e. The van der Waals surface area contributed by atoms with Crippen LogP contribution in [-0.2, 0) is 6.54 Å². The van der Waals surface area contributed by atoms with Gasteiger partial charge < -0.3 is 0 Å². The number of alkyl halides is 1. The Bertz CT molecular complexity index is 378. The molecular weight excluding hydrogens is 333 g/mol. The molecule has 3 atom stereocenters. The van der Waals surface area contributed by atoms with Gasteiger partial charge in [-0.05, 0) is 43.6 Å². The van der Waals surface area contributed by atoms with Crippen LogP contribution < -0.4 is 0 Å². The molecule has 98 valence electrons. The summed E-state index contributed by atoms with van der Waals surface area (Å²) in [4.78, 5) is 2.81. The van der Waals surface area contributed by atoms with E-state index in [2.05, 4.69) is 57.8 Å². The number of halogens is 1. The van der Waals surface area contributed by atoms with Crippen molar-refractivity contribution in [2.75, 3.05) is 4.43 Å². The van der Waals surface area contributed by atoms with Gasteiger partial charge in [0.05, 0.1) is 0 Å². The molecule has 18 heavy (non-hydrogen) atoms. The Morgan fingerprint density at radius 2 is 1.72 bits per heavy atom. The highest BCUT2D eigenvalue weighted by Crippen LogP contribution is 2.38. The number of rotatable bonds is 3. The molecule has 0 N–H and O–H groups in total. The summed E-state index contributed by atoms with van der Waals surface area (Å²) in [5, 5.41) is 0. The molecule has 1 unspecified atom stereocenters. The summed E-state index contributed by atoms with van der Waals surface area (Å²) in [5.74, 6) is 0.971. The summed E-state index contributed by atoms with van der Waals surface area (Å²) < 4.78 is 1.35. The highest BCUT2D eigenvalue weighted by Gasteiger charge is 2.37. The maximum atomic E-state index is 2.81. The molecule has 3 rings (SSSR count). The van der Waals surface area contributed by atoms with E-state index in [4.69, 9.17) is 0 Å². The number of hydrogen-bond donors (Lipinski definition) is 0. The van der Waals surface area contributed by atoms with Crippen LogP contribution >= 0.6 is 22.6 Å². The lowest BCUT2D eigenvalue weighted by Gasteiger charge is -2.28. The highest BCUT2D eigenvalue weighted by atomic mass is 127. The fourth-order valence-electron chi connectivity index (χ4n) is 3.70. The van der Waals surface area contributed by atoms with Crippen LogP contribution in [0.15, 0.2) is 30.3 Å². The van der Waals surface area contributed by atoms with Crippen LogP contribution in [0.25, 0.3) is 0 Å². The van der Waals surface area contributed by atoms with Crippen molar-refractivity contribution in [3.05, 3.63) is 35.9 Å². The third kappa shape index (κ3) is 2.74. The largest absolute Gasteiger partial charge is 0.293 e. The van der Waals surface area contributed by atoms with E-state index in [1.54, 1.807) is 0 Å². The zero-order valence-electron chi connectivity index (χ0n) is 10.9. The van der Waals surface area contributed by atoms with Gasteiger partial charge in [-0.1, -0.05) is 52.9 Å². The first-order chi connectivity index (χ1) is 8.86. The van der Waals surface area contributed by atoms with E-state index in [1.807, 2.05) is 0 Å². The zero-order valence-corrected chi connectivity index (χ0v) is 13.1. The van der Waals surface area contributed by atoms with Gasteiger partial charge in [0.1, 0.15) is 0 Å². The van der Waals surface area contributed by atoms with Crippen LogP contribution in [0.1, 0.15) is 37.7 Å². The standard InChI is InChI=1S/C16H22IN/c17-11-14-6-7-15-8-9-16(10-14)18(15)12-13-4-2-1-3-5-13/h1-5,14-16H,6-12H2/t14?,15-,16-/m1/s1. The van der Waals surface area contributed by atoms with E-state index >= 15 is 0 Å². The molecule has 2 heterocycles. The van der Waals surface area contributed by atoms with Crippen molar-refractivity contribution >= 4 is 22.6 Å². The molecule has 2 fully saturated rings. The maximum absolute atomic E-state index is 2.81. The summed E-state index contributed by atoms with van der Waals surface area (Å²) in [5.41, 5.74) is 1.49. The minimum atomic E-state index is 0.859. The first kappa shape index (κ1) is 12.9. The summed E-state index contributed by atoms with van der Waals surface area (Å²) >= 11 is 2.58. The summed E-state index contributed by atoms with van der Waals surface area (Å²) in [6.45, 7) is 1.17. The van der Waals surface area contributed by atoms with Crippen LogP contribution in [0, 0.1) is 5.92 Å². The molecule has 1 aromatic carbocycles. The van der Waals surface area contributed by atoms with Gasteiger partial charge in [0.15, 0.2) is 0 Å². The first-order valence-electron chi connectivity index (χ1n) is 7.22. The highest BCUT2D eigenvalue weighted by molar-refractivity contribution is 14.1. The van der Waals surface area contributed by atoms with Gasteiger partial charge in [-0.3, -0.25) is 4.90 Å². The number of benzene rings is 1. The zero-order chi connectivity index (χ0) is 12.4. The first-order valence-corrected chi connectivity index (χ1v) is 8.75. The van der Waals surface area contributed by atoms with Crippen molar-refractivity contribution in [2.45, 2.75) is 50.7 Å². The molecule has 2 aliphatic rings. The lowest BCUT2D eigenvalue weighted by atomic mass is 9.93. The Morgan fingerprint density at radius 3 is 2.50 bits per heavy atom. The smallest absolute Gasteiger partial charge is 0.0239 e.